The molecule has 1 aromatic rings. The molecule has 0 spiro atoms. The second-order valence-electron chi connectivity index (χ2n) is 9.49. The summed E-state index contributed by atoms with van der Waals surface area (Å²) in [6, 6.07) is 9.18. The first-order valence-corrected chi connectivity index (χ1v) is 14.0. The number of benzene rings is 1. The van der Waals surface area contributed by atoms with Crippen LogP contribution in [0.25, 0.3) is 0 Å². The number of hydrogen-bond donors (Lipinski definition) is 2. The molecule has 0 saturated heterocycles. The van der Waals surface area contributed by atoms with Gasteiger partial charge in [-0.2, -0.15) is 0 Å². The van der Waals surface area contributed by atoms with E-state index in [0.717, 1.165) is 24.9 Å². The maximum atomic E-state index is 11.2. The highest BCUT2D eigenvalue weighted by Gasteiger charge is 2.33. The van der Waals surface area contributed by atoms with Gasteiger partial charge in [-0.15, -0.1) is 0 Å². The van der Waals surface area contributed by atoms with Gasteiger partial charge in [-0.3, -0.25) is 4.18 Å². The first kappa shape index (κ1) is 32.0. The van der Waals surface area contributed by atoms with Gasteiger partial charge in [-0.25, -0.2) is 8.42 Å². The third kappa shape index (κ3) is 16.3. The molecule has 1 aromatic carbocycles. The van der Waals surface area contributed by atoms with Gasteiger partial charge < -0.3 is 16.0 Å². The molecule has 1 unspecified atom stereocenters. The Kier molecular flexibility index (Phi) is 17.8. The Morgan fingerprint density at radius 3 is 1.67 bits per heavy atom. The topological polar surface area (TPSA) is 115 Å². The number of hydrogen-bond acceptors (Lipinski definition) is 5. The Labute approximate surface area is 203 Å². The minimum Gasteiger partial charge on any atom is -0.726 e. The average Bonchev–Trinajstić information content (AvgIpc) is 2.72. The minimum absolute atomic E-state index is 0. The van der Waals surface area contributed by atoms with Crippen molar-refractivity contribution in [3.63, 3.8) is 0 Å². The van der Waals surface area contributed by atoms with Crippen LogP contribution in [-0.2, 0) is 14.6 Å². The Bertz CT molecular complexity index is 681. The van der Waals surface area contributed by atoms with Crippen LogP contribution in [0, 0.1) is 0 Å². The summed E-state index contributed by atoms with van der Waals surface area (Å²) in [7, 11) is -4.78. The zero-order valence-corrected chi connectivity index (χ0v) is 22.4. The predicted molar refractivity (Wildman–Crippen MR) is 138 cm³/mol. The number of unbranched alkanes of at least 4 members (excludes halogenated alkanes) is 13. The van der Waals surface area contributed by atoms with Crippen LogP contribution in [0.1, 0.15) is 122 Å². The summed E-state index contributed by atoms with van der Waals surface area (Å²) in [6.07, 6.45) is 18.4. The molecule has 1 atom stereocenters. The summed E-state index contributed by atoms with van der Waals surface area (Å²) in [5.41, 5.74) is -0.260. The van der Waals surface area contributed by atoms with Crippen LogP contribution in [0.15, 0.2) is 30.3 Å². The van der Waals surface area contributed by atoms with E-state index in [9.17, 15) is 13.0 Å². The summed E-state index contributed by atoms with van der Waals surface area (Å²) in [6.45, 7) is 6.29. The molecule has 0 aliphatic carbocycles. The normalized spacial score (nSPS) is 13.0. The molecule has 0 amide bonds. The van der Waals surface area contributed by atoms with E-state index in [-0.39, 0.29) is 12.2 Å². The number of nitrogens with one attached hydrogen (secondary N) is 1. The Morgan fingerprint density at radius 2 is 1.24 bits per heavy atom. The smallest absolute Gasteiger partial charge is 0.218 e. The highest BCUT2D eigenvalue weighted by atomic mass is 32.3. The molecule has 0 bridgehead atoms. The van der Waals surface area contributed by atoms with E-state index in [1.807, 2.05) is 30.3 Å². The van der Waals surface area contributed by atoms with Crippen LogP contribution in [0.2, 0.25) is 0 Å². The van der Waals surface area contributed by atoms with Crippen molar-refractivity contribution in [3.8, 4) is 0 Å². The molecule has 0 aromatic heterocycles. The molecule has 6 nitrogen and oxygen atoms in total. The predicted octanol–water partition coefficient (Wildman–Crippen LogP) is 7.43. The van der Waals surface area contributed by atoms with Crippen LogP contribution in [0.5, 0.6) is 0 Å². The van der Waals surface area contributed by atoms with Gasteiger partial charge in [0.05, 0.1) is 6.04 Å². The van der Waals surface area contributed by atoms with Crippen molar-refractivity contribution in [1.29, 1.82) is 0 Å². The first-order valence-electron chi connectivity index (χ1n) is 12.7. The van der Waals surface area contributed by atoms with Crippen LogP contribution in [-0.4, -0.2) is 25.1 Å². The summed E-state index contributed by atoms with van der Waals surface area (Å²) >= 11 is 0. The number of rotatable bonds is 20. The van der Waals surface area contributed by atoms with Gasteiger partial charge in [-0.05, 0) is 32.4 Å². The Hall–Kier alpha value is -0.990. The van der Waals surface area contributed by atoms with Gasteiger partial charge >= 0.3 is 0 Å². The maximum absolute atomic E-state index is 11.2. The average molecular weight is 487 g/mol. The van der Waals surface area contributed by atoms with Gasteiger partial charge in [0.25, 0.3) is 0 Å². The lowest BCUT2D eigenvalue weighted by molar-refractivity contribution is 0.0560. The summed E-state index contributed by atoms with van der Waals surface area (Å²) in [4.78, 5) is 0. The van der Waals surface area contributed by atoms with Crippen LogP contribution in [0.4, 0.5) is 0 Å². The molecule has 0 radical (unpaired) electrons. The molecule has 194 valence electrons. The zero-order valence-electron chi connectivity index (χ0n) is 21.6. The van der Waals surface area contributed by atoms with Crippen molar-refractivity contribution in [1.82, 2.24) is 11.5 Å². The molecule has 0 heterocycles. The van der Waals surface area contributed by atoms with E-state index < -0.39 is 16.0 Å². The highest BCUT2D eigenvalue weighted by molar-refractivity contribution is 7.80. The molecule has 0 saturated carbocycles. The molecular weight excluding hydrogens is 436 g/mol. The van der Waals surface area contributed by atoms with Crippen LogP contribution in [0.3, 0.4) is 0 Å². The van der Waals surface area contributed by atoms with E-state index >= 15 is 0 Å². The van der Waals surface area contributed by atoms with Crippen molar-refractivity contribution in [3.05, 3.63) is 35.9 Å². The molecule has 1 rings (SSSR count). The third-order valence-corrected chi connectivity index (χ3v) is 6.66. The van der Waals surface area contributed by atoms with E-state index in [0.29, 0.717) is 0 Å². The van der Waals surface area contributed by atoms with Gasteiger partial charge in [0, 0.05) is 0 Å². The number of quaternary nitrogens is 1. The van der Waals surface area contributed by atoms with Gasteiger partial charge in [0.15, 0.2) is 0 Å². The quantitative estimate of drug-likeness (QED) is 0.113. The van der Waals surface area contributed by atoms with Gasteiger partial charge in [0.1, 0.15) is 5.60 Å². The van der Waals surface area contributed by atoms with Crippen molar-refractivity contribution in [2.75, 3.05) is 6.54 Å². The molecule has 5 N–H and O–H groups in total. The van der Waals surface area contributed by atoms with Crippen molar-refractivity contribution in [2.24, 2.45) is 0 Å². The Morgan fingerprint density at radius 1 is 0.818 bits per heavy atom. The maximum Gasteiger partial charge on any atom is 0.218 e. The lowest BCUT2D eigenvalue weighted by Crippen LogP contribution is -2.43. The SMILES string of the molecule is CCCCCCCCCCCCCCCCNC(c1ccccc1)C(C)(C)OS(=O)(=O)[O-].[NH4+]. The molecule has 0 aliphatic heterocycles. The van der Waals surface area contributed by atoms with Gasteiger partial charge in [-0.1, -0.05) is 121 Å². The standard InChI is InChI=1S/C26H47NO4S.H3N/c1-4-5-6-7-8-9-10-11-12-13-14-15-16-20-23-27-25(24-21-18-17-19-22-24)26(2,3)31-32(28,29)30;/h17-19,21-22,25,27H,4-16,20,23H2,1-3H3,(H,28,29,30);1H3. The summed E-state index contributed by atoms with van der Waals surface area (Å²) < 4.78 is 38.4. The molecular formula is C26H50N2O4S. The monoisotopic (exact) mass is 486 g/mol. The summed E-state index contributed by atoms with van der Waals surface area (Å²) in [5, 5.41) is 3.41. The lowest BCUT2D eigenvalue weighted by atomic mass is 9.91. The van der Waals surface area contributed by atoms with E-state index in [1.165, 1.54) is 77.0 Å². The van der Waals surface area contributed by atoms with Crippen LogP contribution >= 0.6 is 0 Å². The fourth-order valence-electron chi connectivity index (χ4n) is 4.29. The first-order chi connectivity index (χ1) is 15.3. The summed E-state index contributed by atoms with van der Waals surface area (Å²) in [5.74, 6) is 0. The molecule has 0 fully saturated rings. The fraction of sp³-hybridized carbons (Fsp3) is 0.769. The molecule has 7 heteroatoms. The van der Waals surface area contributed by atoms with Crippen molar-refractivity contribution < 1.29 is 17.2 Å². The highest BCUT2D eigenvalue weighted by Crippen LogP contribution is 2.30. The molecule has 0 aliphatic rings. The van der Waals surface area contributed by atoms with Gasteiger partial charge in [0.2, 0.25) is 10.4 Å². The minimum atomic E-state index is -4.78. The largest absolute Gasteiger partial charge is 0.726 e. The van der Waals surface area contributed by atoms with Crippen molar-refractivity contribution >= 4 is 10.4 Å². The van der Waals surface area contributed by atoms with E-state index in [1.54, 1.807) is 13.8 Å². The fourth-order valence-corrected chi connectivity index (χ4v) is 4.91. The second kappa shape index (κ2) is 18.4. The van der Waals surface area contributed by atoms with Crippen LogP contribution < -0.4 is 11.5 Å². The lowest BCUT2D eigenvalue weighted by Gasteiger charge is -2.35. The second-order valence-corrected chi connectivity index (χ2v) is 10.5. The third-order valence-electron chi connectivity index (χ3n) is 6.02. The Balaban J connectivity index is 0.0000102. The molecule has 33 heavy (non-hydrogen) atoms. The van der Waals surface area contributed by atoms with E-state index in [2.05, 4.69) is 12.2 Å². The van der Waals surface area contributed by atoms with E-state index in [4.69, 9.17) is 4.18 Å². The van der Waals surface area contributed by atoms with Crippen molar-refractivity contribution in [2.45, 2.75) is 122 Å². The zero-order chi connectivity index (χ0) is 23.7.